The summed E-state index contributed by atoms with van der Waals surface area (Å²) < 4.78 is 12.4. The molecule has 142 valence electrons. The molecule has 7 nitrogen and oxygen atoms in total. The summed E-state index contributed by atoms with van der Waals surface area (Å²) in [5.74, 6) is -1.08. The number of Topliss-reactive ketones (excluding diaryl/α,β-unsaturated/α-hetero) is 1. The summed E-state index contributed by atoms with van der Waals surface area (Å²) in [4.78, 5) is 38.9. The van der Waals surface area contributed by atoms with Crippen molar-refractivity contribution in [3.8, 4) is 0 Å². The van der Waals surface area contributed by atoms with Crippen molar-refractivity contribution in [1.82, 2.24) is 9.47 Å². The Kier molecular flexibility index (Phi) is 5.71. The summed E-state index contributed by atoms with van der Waals surface area (Å²) in [6, 6.07) is 10.4. The Labute approximate surface area is 157 Å². The molecule has 0 unspecified atom stereocenters. The second-order valence-electron chi connectivity index (χ2n) is 6.41. The van der Waals surface area contributed by atoms with E-state index in [1.165, 1.54) is 17.6 Å². The molecule has 0 saturated carbocycles. The molecular formula is C20H22N2O5. The molecule has 3 rings (SSSR count). The van der Waals surface area contributed by atoms with Gasteiger partial charge in [0.05, 0.1) is 13.2 Å². The molecule has 1 fully saturated rings. The average Bonchev–Trinajstić information content (AvgIpc) is 3.09. The molecule has 0 aliphatic carbocycles. The maximum Gasteiger partial charge on any atom is 0.356 e. The molecule has 1 atom stereocenters. The number of hydrogen-bond acceptors (Lipinski definition) is 5. The van der Waals surface area contributed by atoms with Crippen LogP contribution in [0.4, 0.5) is 0 Å². The number of morpholine rings is 1. The first-order valence-electron chi connectivity index (χ1n) is 8.77. The zero-order valence-electron chi connectivity index (χ0n) is 15.4. The van der Waals surface area contributed by atoms with Crippen molar-refractivity contribution in [1.29, 1.82) is 0 Å². The zero-order chi connectivity index (χ0) is 19.4. The van der Waals surface area contributed by atoms with Gasteiger partial charge in [-0.25, -0.2) is 4.79 Å². The minimum absolute atomic E-state index is 0.145. The summed E-state index contributed by atoms with van der Waals surface area (Å²) in [6.07, 6.45) is 0.521. The molecule has 0 spiro atoms. The Morgan fingerprint density at radius 3 is 2.37 bits per heavy atom. The van der Waals surface area contributed by atoms with Gasteiger partial charge in [-0.2, -0.15) is 0 Å². The third kappa shape index (κ3) is 4.25. The lowest BCUT2D eigenvalue weighted by Crippen LogP contribution is -2.44. The normalized spacial score (nSPS) is 15.3. The summed E-state index contributed by atoms with van der Waals surface area (Å²) in [7, 11) is 1.66. The number of ether oxygens (including phenoxy) is 2. The van der Waals surface area contributed by atoms with Crippen LogP contribution in [0.3, 0.4) is 0 Å². The first-order valence-corrected chi connectivity index (χ1v) is 8.77. The number of aryl methyl sites for hydroxylation is 1. The third-order valence-electron chi connectivity index (χ3n) is 4.49. The first-order chi connectivity index (χ1) is 13.0. The molecule has 1 aromatic carbocycles. The number of aromatic nitrogens is 1. The molecule has 1 aliphatic heterocycles. The molecule has 0 N–H and O–H groups in total. The van der Waals surface area contributed by atoms with Gasteiger partial charge in [-0.05, 0) is 13.0 Å². The van der Waals surface area contributed by atoms with E-state index in [1.54, 1.807) is 42.4 Å². The highest BCUT2D eigenvalue weighted by Crippen LogP contribution is 2.23. The fourth-order valence-corrected chi connectivity index (χ4v) is 2.97. The fourth-order valence-electron chi connectivity index (χ4n) is 2.97. The number of nitrogens with zero attached hydrogens (tertiary/aromatic N) is 2. The van der Waals surface area contributed by atoms with E-state index < -0.39 is 12.1 Å². The molecule has 2 aromatic rings. The predicted octanol–water partition coefficient (Wildman–Crippen LogP) is 1.98. The van der Waals surface area contributed by atoms with E-state index in [9.17, 15) is 14.4 Å². The quantitative estimate of drug-likeness (QED) is 0.594. The maximum absolute atomic E-state index is 13.0. The number of hydrogen-bond donors (Lipinski definition) is 0. The maximum atomic E-state index is 13.0. The second-order valence-corrected chi connectivity index (χ2v) is 6.41. The fraction of sp³-hybridized carbons (Fsp3) is 0.350. The molecule has 1 amide bonds. The van der Waals surface area contributed by atoms with Crippen molar-refractivity contribution in [2.45, 2.75) is 13.0 Å². The molecule has 1 aromatic heterocycles. The van der Waals surface area contributed by atoms with E-state index in [1.807, 2.05) is 6.07 Å². The van der Waals surface area contributed by atoms with Crippen LogP contribution in [-0.4, -0.2) is 53.4 Å². The first kappa shape index (κ1) is 18.8. The molecular weight excluding hydrogens is 348 g/mol. The van der Waals surface area contributed by atoms with E-state index >= 15 is 0 Å². The topological polar surface area (TPSA) is 77.8 Å². The van der Waals surface area contributed by atoms with Crippen molar-refractivity contribution >= 4 is 17.7 Å². The largest absolute Gasteiger partial charge is 0.443 e. The number of carbonyl (C=O) groups is 3. The number of ketones is 1. The highest BCUT2D eigenvalue weighted by Gasteiger charge is 2.31. The molecule has 2 heterocycles. The van der Waals surface area contributed by atoms with Crippen LogP contribution in [0.25, 0.3) is 0 Å². The van der Waals surface area contributed by atoms with E-state index in [0.717, 1.165) is 0 Å². The standard InChI is InChI=1S/C20H22N2O5/c1-14(23)16-12-17(21(2)13-16)20(25)27-18(15-6-4-3-5-7-15)19(24)22-8-10-26-11-9-22/h3-7,12-13,18H,8-11H2,1-2H3/t18-/m1/s1. The van der Waals surface area contributed by atoms with Crippen molar-refractivity contribution in [2.24, 2.45) is 7.05 Å². The van der Waals surface area contributed by atoms with Crippen LogP contribution in [0, 0.1) is 0 Å². The molecule has 7 heteroatoms. The van der Waals surface area contributed by atoms with Crippen LogP contribution < -0.4 is 0 Å². The van der Waals surface area contributed by atoms with Crippen molar-refractivity contribution in [3.05, 3.63) is 59.4 Å². The van der Waals surface area contributed by atoms with Crippen molar-refractivity contribution in [3.63, 3.8) is 0 Å². The van der Waals surface area contributed by atoms with Gasteiger partial charge >= 0.3 is 5.97 Å². The minimum Gasteiger partial charge on any atom is -0.443 e. The Morgan fingerprint density at radius 2 is 1.78 bits per heavy atom. The van der Waals surface area contributed by atoms with Gasteiger partial charge in [-0.1, -0.05) is 30.3 Å². The Hall–Kier alpha value is -2.93. The molecule has 0 radical (unpaired) electrons. The summed E-state index contributed by atoms with van der Waals surface area (Å²) in [6.45, 7) is 3.26. The predicted molar refractivity (Wildman–Crippen MR) is 97.4 cm³/mol. The van der Waals surface area contributed by atoms with Gasteiger partial charge < -0.3 is 18.9 Å². The van der Waals surface area contributed by atoms with Gasteiger partial charge in [0.25, 0.3) is 5.91 Å². The summed E-state index contributed by atoms with van der Waals surface area (Å²) in [5, 5.41) is 0. The van der Waals surface area contributed by atoms with Crippen molar-refractivity contribution < 1.29 is 23.9 Å². The van der Waals surface area contributed by atoms with Gasteiger partial charge in [0.2, 0.25) is 6.10 Å². The zero-order valence-corrected chi connectivity index (χ0v) is 15.4. The van der Waals surface area contributed by atoms with Crippen molar-refractivity contribution in [2.75, 3.05) is 26.3 Å². The molecule has 1 aliphatic rings. The molecule has 27 heavy (non-hydrogen) atoms. The van der Waals surface area contributed by atoms with Crippen LogP contribution in [0.1, 0.15) is 39.4 Å². The molecule has 0 bridgehead atoms. The lowest BCUT2D eigenvalue weighted by Gasteiger charge is -2.30. The van der Waals surface area contributed by atoms with E-state index in [4.69, 9.17) is 9.47 Å². The number of rotatable bonds is 5. The lowest BCUT2D eigenvalue weighted by atomic mass is 10.1. The third-order valence-corrected chi connectivity index (χ3v) is 4.49. The van der Waals surface area contributed by atoms with Crippen LogP contribution >= 0.6 is 0 Å². The molecule has 1 saturated heterocycles. The monoisotopic (exact) mass is 370 g/mol. The Bertz CT molecular complexity index is 837. The van der Waals surface area contributed by atoms with Gasteiger partial charge in [-0.15, -0.1) is 0 Å². The van der Waals surface area contributed by atoms with Gasteiger partial charge in [0.15, 0.2) is 5.78 Å². The van der Waals surface area contributed by atoms with Crippen LogP contribution in [0.5, 0.6) is 0 Å². The number of esters is 1. The highest BCUT2D eigenvalue weighted by atomic mass is 16.5. The summed E-state index contributed by atoms with van der Waals surface area (Å²) >= 11 is 0. The van der Waals surface area contributed by atoms with Gasteiger partial charge in [0, 0.05) is 37.5 Å². The minimum atomic E-state index is -1.05. The van der Waals surface area contributed by atoms with E-state index in [2.05, 4.69) is 0 Å². The Morgan fingerprint density at radius 1 is 1.11 bits per heavy atom. The smallest absolute Gasteiger partial charge is 0.356 e. The second kappa shape index (κ2) is 8.18. The van der Waals surface area contributed by atoms with Crippen LogP contribution in [0.15, 0.2) is 42.6 Å². The number of amides is 1. The number of carbonyl (C=O) groups excluding carboxylic acids is 3. The SMILES string of the molecule is CC(=O)c1cc(C(=O)O[C@@H](C(=O)N2CCOCC2)c2ccccc2)n(C)c1. The van der Waals surface area contributed by atoms with Gasteiger partial charge in [-0.3, -0.25) is 9.59 Å². The van der Waals surface area contributed by atoms with Crippen LogP contribution in [0.2, 0.25) is 0 Å². The summed E-state index contributed by atoms with van der Waals surface area (Å²) in [5.41, 5.74) is 1.24. The van der Waals surface area contributed by atoms with Gasteiger partial charge in [0.1, 0.15) is 5.69 Å². The van der Waals surface area contributed by atoms with E-state index in [0.29, 0.717) is 37.4 Å². The van der Waals surface area contributed by atoms with Crippen LogP contribution in [-0.2, 0) is 21.3 Å². The average molecular weight is 370 g/mol. The Balaban J connectivity index is 1.86. The number of benzene rings is 1. The van der Waals surface area contributed by atoms with E-state index in [-0.39, 0.29) is 17.4 Å². The lowest BCUT2D eigenvalue weighted by molar-refractivity contribution is -0.145. The highest BCUT2D eigenvalue weighted by molar-refractivity contribution is 5.98.